The maximum absolute atomic E-state index is 12.2. The Morgan fingerprint density at radius 1 is 1.53 bits per heavy atom. The molecule has 0 bridgehead atoms. The SMILES string of the molecule is Cn1cc2cccc(NC(=O)C3CCCOC3)c2n1. The predicted molar refractivity (Wildman–Crippen MR) is 72.9 cm³/mol. The number of anilines is 1. The Hall–Kier alpha value is -1.88. The number of ether oxygens (including phenoxy) is 1. The first-order valence-electron chi connectivity index (χ1n) is 6.55. The number of hydrogen-bond donors (Lipinski definition) is 1. The summed E-state index contributed by atoms with van der Waals surface area (Å²) in [4.78, 5) is 12.2. The van der Waals surface area contributed by atoms with Crippen LogP contribution in [-0.2, 0) is 16.6 Å². The second-order valence-corrected chi connectivity index (χ2v) is 4.95. The number of fused-ring (bicyclic) bond motifs is 1. The molecule has 1 N–H and O–H groups in total. The standard InChI is InChI=1S/C14H17N3O2/c1-17-8-10-4-2-6-12(13(10)16-17)15-14(18)11-5-3-7-19-9-11/h2,4,6,8,11H,3,5,7,9H2,1H3,(H,15,18). The maximum Gasteiger partial charge on any atom is 0.229 e. The Bertz CT molecular complexity index is 600. The minimum Gasteiger partial charge on any atom is -0.381 e. The molecule has 1 aromatic carbocycles. The van der Waals surface area contributed by atoms with E-state index in [4.69, 9.17) is 4.74 Å². The van der Waals surface area contributed by atoms with Gasteiger partial charge in [-0.3, -0.25) is 9.48 Å². The summed E-state index contributed by atoms with van der Waals surface area (Å²) in [6.07, 6.45) is 3.78. The average molecular weight is 259 g/mol. The first-order valence-corrected chi connectivity index (χ1v) is 6.55. The zero-order valence-corrected chi connectivity index (χ0v) is 10.9. The summed E-state index contributed by atoms with van der Waals surface area (Å²) in [6, 6.07) is 5.80. The summed E-state index contributed by atoms with van der Waals surface area (Å²) >= 11 is 0. The van der Waals surface area contributed by atoms with Crippen LogP contribution in [0.4, 0.5) is 5.69 Å². The van der Waals surface area contributed by atoms with Crippen molar-refractivity contribution in [2.75, 3.05) is 18.5 Å². The molecule has 1 atom stereocenters. The van der Waals surface area contributed by atoms with Crippen LogP contribution >= 0.6 is 0 Å². The number of carbonyl (C=O) groups excluding carboxylic acids is 1. The third kappa shape index (κ3) is 2.46. The number of aromatic nitrogens is 2. The predicted octanol–water partition coefficient (Wildman–Crippen LogP) is 1.94. The highest BCUT2D eigenvalue weighted by atomic mass is 16.5. The molecule has 1 aliphatic heterocycles. The van der Waals surface area contributed by atoms with E-state index in [9.17, 15) is 4.79 Å². The Morgan fingerprint density at radius 2 is 2.42 bits per heavy atom. The summed E-state index contributed by atoms with van der Waals surface area (Å²) in [5, 5.41) is 8.38. The van der Waals surface area contributed by atoms with Crippen molar-refractivity contribution >= 4 is 22.5 Å². The maximum atomic E-state index is 12.2. The molecule has 0 aliphatic carbocycles. The molecule has 0 radical (unpaired) electrons. The Morgan fingerprint density at radius 3 is 3.21 bits per heavy atom. The van der Waals surface area contributed by atoms with Gasteiger partial charge in [-0.15, -0.1) is 0 Å². The van der Waals surface area contributed by atoms with Gasteiger partial charge in [0, 0.05) is 25.2 Å². The topological polar surface area (TPSA) is 56.2 Å². The quantitative estimate of drug-likeness (QED) is 0.896. The van der Waals surface area contributed by atoms with Gasteiger partial charge < -0.3 is 10.1 Å². The molecule has 1 fully saturated rings. The van der Waals surface area contributed by atoms with Crippen LogP contribution in [-0.4, -0.2) is 28.9 Å². The number of aryl methyl sites for hydroxylation is 1. The third-order valence-electron chi connectivity index (χ3n) is 3.44. The third-order valence-corrected chi connectivity index (χ3v) is 3.44. The Labute approximate surface area is 111 Å². The van der Waals surface area contributed by atoms with E-state index >= 15 is 0 Å². The van der Waals surface area contributed by atoms with Crippen LogP contribution in [0, 0.1) is 5.92 Å². The van der Waals surface area contributed by atoms with E-state index in [0.717, 1.165) is 36.0 Å². The van der Waals surface area contributed by atoms with E-state index in [0.29, 0.717) is 6.61 Å². The molecule has 1 saturated heterocycles. The number of nitrogens with one attached hydrogen (secondary N) is 1. The van der Waals surface area contributed by atoms with Gasteiger partial charge in [0.1, 0.15) is 5.52 Å². The average Bonchev–Trinajstić information content (AvgIpc) is 2.81. The molecule has 100 valence electrons. The minimum absolute atomic E-state index is 0.0258. The van der Waals surface area contributed by atoms with E-state index in [-0.39, 0.29) is 11.8 Å². The van der Waals surface area contributed by atoms with Crippen molar-refractivity contribution < 1.29 is 9.53 Å². The lowest BCUT2D eigenvalue weighted by molar-refractivity contribution is -0.123. The lowest BCUT2D eigenvalue weighted by atomic mass is 10.0. The smallest absolute Gasteiger partial charge is 0.229 e. The first kappa shape index (κ1) is 12.2. The zero-order valence-electron chi connectivity index (χ0n) is 10.9. The van der Waals surface area contributed by atoms with Gasteiger partial charge in [0.05, 0.1) is 18.2 Å². The highest BCUT2D eigenvalue weighted by molar-refractivity contribution is 6.01. The fraction of sp³-hybridized carbons (Fsp3) is 0.429. The molecule has 1 unspecified atom stereocenters. The summed E-state index contributed by atoms with van der Waals surface area (Å²) < 4.78 is 7.11. The van der Waals surface area contributed by atoms with Gasteiger partial charge in [-0.2, -0.15) is 5.10 Å². The van der Waals surface area contributed by atoms with Crippen LogP contribution in [0.3, 0.4) is 0 Å². The summed E-state index contributed by atoms with van der Waals surface area (Å²) in [7, 11) is 1.88. The van der Waals surface area contributed by atoms with Crippen LogP contribution in [0.25, 0.3) is 10.9 Å². The number of hydrogen-bond acceptors (Lipinski definition) is 3. The van der Waals surface area contributed by atoms with Crippen LogP contribution in [0.1, 0.15) is 12.8 Å². The van der Waals surface area contributed by atoms with Gasteiger partial charge >= 0.3 is 0 Å². The van der Waals surface area contributed by atoms with Crippen LogP contribution in [0.5, 0.6) is 0 Å². The monoisotopic (exact) mass is 259 g/mol. The van der Waals surface area contributed by atoms with Crippen molar-refractivity contribution in [2.24, 2.45) is 13.0 Å². The van der Waals surface area contributed by atoms with E-state index in [1.165, 1.54) is 0 Å². The zero-order chi connectivity index (χ0) is 13.2. The molecule has 5 nitrogen and oxygen atoms in total. The van der Waals surface area contributed by atoms with E-state index in [1.807, 2.05) is 31.4 Å². The highest BCUT2D eigenvalue weighted by Crippen LogP contribution is 2.23. The molecule has 0 spiro atoms. The molecule has 2 aromatic rings. The summed E-state index contributed by atoms with van der Waals surface area (Å²) in [6.45, 7) is 1.28. The van der Waals surface area contributed by atoms with Gasteiger partial charge in [0.25, 0.3) is 0 Å². The normalized spacial score (nSPS) is 19.5. The van der Waals surface area contributed by atoms with Crippen molar-refractivity contribution in [2.45, 2.75) is 12.8 Å². The van der Waals surface area contributed by atoms with Gasteiger partial charge in [-0.05, 0) is 18.9 Å². The molecule has 3 rings (SSSR count). The molecule has 19 heavy (non-hydrogen) atoms. The van der Waals surface area contributed by atoms with Crippen molar-refractivity contribution in [1.82, 2.24) is 9.78 Å². The molecular formula is C14H17N3O2. The number of carbonyl (C=O) groups is 1. The lowest BCUT2D eigenvalue weighted by Gasteiger charge is -2.21. The minimum atomic E-state index is -0.0484. The van der Waals surface area contributed by atoms with Gasteiger partial charge in [0.15, 0.2) is 0 Å². The molecule has 5 heteroatoms. The summed E-state index contributed by atoms with van der Waals surface area (Å²) in [5.74, 6) is -0.0226. The first-order chi connectivity index (χ1) is 9.24. The van der Waals surface area contributed by atoms with Gasteiger partial charge in [-0.25, -0.2) is 0 Å². The van der Waals surface area contributed by atoms with Crippen molar-refractivity contribution in [3.05, 3.63) is 24.4 Å². The van der Waals surface area contributed by atoms with Gasteiger partial charge in [-0.1, -0.05) is 12.1 Å². The van der Waals surface area contributed by atoms with Crippen molar-refractivity contribution in [1.29, 1.82) is 0 Å². The molecular weight excluding hydrogens is 242 g/mol. The summed E-state index contributed by atoms with van der Waals surface area (Å²) in [5.41, 5.74) is 1.60. The Balaban J connectivity index is 1.82. The number of nitrogens with zero attached hydrogens (tertiary/aromatic N) is 2. The second-order valence-electron chi connectivity index (χ2n) is 4.95. The van der Waals surface area contributed by atoms with E-state index in [1.54, 1.807) is 4.68 Å². The fourth-order valence-electron chi connectivity index (χ4n) is 2.45. The highest BCUT2D eigenvalue weighted by Gasteiger charge is 2.22. The number of amides is 1. The molecule has 1 aromatic heterocycles. The molecule has 1 aliphatic rings. The second kappa shape index (κ2) is 5.01. The van der Waals surface area contributed by atoms with Crippen LogP contribution in [0.15, 0.2) is 24.4 Å². The van der Waals surface area contributed by atoms with E-state index in [2.05, 4.69) is 10.4 Å². The fourth-order valence-corrected chi connectivity index (χ4v) is 2.45. The van der Waals surface area contributed by atoms with Gasteiger partial charge in [0.2, 0.25) is 5.91 Å². The van der Waals surface area contributed by atoms with Crippen molar-refractivity contribution in [3.63, 3.8) is 0 Å². The number of rotatable bonds is 2. The molecule has 2 heterocycles. The number of benzene rings is 1. The van der Waals surface area contributed by atoms with Crippen molar-refractivity contribution in [3.8, 4) is 0 Å². The Kier molecular flexibility index (Phi) is 3.21. The van der Waals surface area contributed by atoms with Crippen LogP contribution in [0.2, 0.25) is 0 Å². The molecule has 1 amide bonds. The molecule has 0 saturated carbocycles. The largest absolute Gasteiger partial charge is 0.381 e. The van der Waals surface area contributed by atoms with Crippen LogP contribution < -0.4 is 5.32 Å². The lowest BCUT2D eigenvalue weighted by Crippen LogP contribution is -2.30. The van der Waals surface area contributed by atoms with E-state index < -0.39 is 0 Å².